The number of hydrogen-bond donors (Lipinski definition) is 0. The predicted molar refractivity (Wildman–Crippen MR) is 79.8 cm³/mol. The van der Waals surface area contributed by atoms with E-state index in [2.05, 4.69) is 5.16 Å². The van der Waals surface area contributed by atoms with Gasteiger partial charge in [-0.2, -0.15) is 0 Å². The summed E-state index contributed by atoms with van der Waals surface area (Å²) in [6.07, 6.45) is 5.70. The van der Waals surface area contributed by atoms with Gasteiger partial charge < -0.3 is 4.84 Å². The summed E-state index contributed by atoms with van der Waals surface area (Å²) in [6.45, 7) is 2.92. The van der Waals surface area contributed by atoms with Crippen LogP contribution in [0.15, 0.2) is 41.6 Å². The van der Waals surface area contributed by atoms with Crippen molar-refractivity contribution in [2.24, 2.45) is 5.16 Å². The number of nitrogens with zero attached hydrogens (tertiary/aromatic N) is 2. The Morgan fingerprint density at radius 2 is 1.76 bits per heavy atom. The number of carbonyl (C=O) groups is 2. The van der Waals surface area contributed by atoms with E-state index >= 15 is 0 Å². The molecule has 2 rings (SSSR count). The average molecular weight is 286 g/mol. The molecular formula is C16H18N2O3. The number of benzene rings is 1. The van der Waals surface area contributed by atoms with Gasteiger partial charge in [-0.05, 0) is 25.3 Å². The zero-order valence-corrected chi connectivity index (χ0v) is 12.0. The summed E-state index contributed by atoms with van der Waals surface area (Å²) in [4.78, 5) is 29.0. The number of rotatable bonds is 7. The van der Waals surface area contributed by atoms with Crippen molar-refractivity contribution in [3.8, 4) is 0 Å². The van der Waals surface area contributed by atoms with Gasteiger partial charge in [-0.25, -0.2) is 0 Å². The molecule has 1 aromatic carbocycles. The van der Waals surface area contributed by atoms with Crippen molar-refractivity contribution in [1.29, 1.82) is 0 Å². The van der Waals surface area contributed by atoms with E-state index in [1.807, 2.05) is 31.2 Å². The van der Waals surface area contributed by atoms with Gasteiger partial charge in [-0.3, -0.25) is 14.5 Å². The Labute approximate surface area is 123 Å². The quantitative estimate of drug-likeness (QED) is 0.333. The summed E-state index contributed by atoms with van der Waals surface area (Å²) < 4.78 is 0. The fourth-order valence-corrected chi connectivity index (χ4v) is 1.89. The highest BCUT2D eigenvalue weighted by Crippen LogP contribution is 2.05. The fraction of sp³-hybridized carbons (Fsp3) is 0.312. The molecule has 1 heterocycles. The number of unbranched alkanes of at least 4 members (excludes halogenated alkanes) is 1. The van der Waals surface area contributed by atoms with Gasteiger partial charge in [0.1, 0.15) is 6.61 Å². The Hall–Kier alpha value is -2.43. The molecule has 21 heavy (non-hydrogen) atoms. The average Bonchev–Trinajstić information content (AvgIpc) is 2.79. The molecule has 0 fully saturated rings. The SMILES string of the molecule is Cc1ccc(/C=N/OCCCCN2C(=O)C=CC2=O)cc1. The molecule has 0 unspecified atom stereocenters. The van der Waals surface area contributed by atoms with E-state index < -0.39 is 0 Å². The summed E-state index contributed by atoms with van der Waals surface area (Å²) >= 11 is 0. The second-order valence-corrected chi connectivity index (χ2v) is 4.85. The zero-order valence-electron chi connectivity index (χ0n) is 12.0. The highest BCUT2D eigenvalue weighted by molar-refractivity contribution is 6.12. The predicted octanol–water partition coefficient (Wildman–Crippen LogP) is 2.05. The number of aryl methyl sites for hydroxylation is 1. The maximum absolute atomic E-state index is 11.3. The fourth-order valence-electron chi connectivity index (χ4n) is 1.89. The van der Waals surface area contributed by atoms with Crippen molar-refractivity contribution in [2.75, 3.05) is 13.2 Å². The van der Waals surface area contributed by atoms with Crippen molar-refractivity contribution >= 4 is 18.0 Å². The third-order valence-electron chi connectivity index (χ3n) is 3.12. The van der Waals surface area contributed by atoms with Crippen molar-refractivity contribution in [3.63, 3.8) is 0 Å². The molecule has 0 N–H and O–H groups in total. The summed E-state index contributed by atoms with van der Waals surface area (Å²) in [5.74, 6) is -0.475. The normalized spacial score (nSPS) is 14.4. The lowest BCUT2D eigenvalue weighted by molar-refractivity contribution is -0.136. The minimum Gasteiger partial charge on any atom is -0.396 e. The maximum Gasteiger partial charge on any atom is 0.253 e. The molecule has 0 atom stereocenters. The zero-order chi connectivity index (χ0) is 15.1. The van der Waals surface area contributed by atoms with Crippen molar-refractivity contribution in [2.45, 2.75) is 19.8 Å². The lowest BCUT2D eigenvalue weighted by atomic mass is 10.2. The number of oxime groups is 1. The van der Waals surface area contributed by atoms with E-state index in [1.165, 1.54) is 22.6 Å². The molecule has 0 aromatic heterocycles. The van der Waals surface area contributed by atoms with Gasteiger partial charge in [0.05, 0.1) is 6.21 Å². The van der Waals surface area contributed by atoms with Crippen LogP contribution in [0.5, 0.6) is 0 Å². The lowest BCUT2D eigenvalue weighted by Gasteiger charge is -2.12. The summed E-state index contributed by atoms with van der Waals surface area (Å²) in [6, 6.07) is 7.97. The van der Waals surface area contributed by atoms with Crippen LogP contribution in [0.1, 0.15) is 24.0 Å². The number of amides is 2. The monoisotopic (exact) mass is 286 g/mol. The van der Waals surface area contributed by atoms with E-state index in [9.17, 15) is 9.59 Å². The molecular weight excluding hydrogens is 268 g/mol. The Kier molecular flexibility index (Phi) is 5.26. The van der Waals surface area contributed by atoms with Crippen LogP contribution < -0.4 is 0 Å². The second-order valence-electron chi connectivity index (χ2n) is 4.85. The number of carbonyl (C=O) groups excluding carboxylic acids is 2. The summed E-state index contributed by atoms with van der Waals surface area (Å²) in [5, 5.41) is 3.89. The molecule has 0 radical (unpaired) electrons. The minimum atomic E-state index is -0.238. The van der Waals surface area contributed by atoms with Crippen LogP contribution in [0.3, 0.4) is 0 Å². The summed E-state index contributed by atoms with van der Waals surface area (Å²) in [7, 11) is 0. The van der Waals surface area contributed by atoms with Crippen molar-refractivity contribution < 1.29 is 14.4 Å². The molecule has 0 bridgehead atoms. The van der Waals surface area contributed by atoms with Crippen LogP contribution >= 0.6 is 0 Å². The maximum atomic E-state index is 11.3. The smallest absolute Gasteiger partial charge is 0.253 e. The van der Waals surface area contributed by atoms with Gasteiger partial charge in [-0.15, -0.1) is 0 Å². The topological polar surface area (TPSA) is 59.0 Å². The van der Waals surface area contributed by atoms with Crippen LogP contribution in [0, 0.1) is 6.92 Å². The second kappa shape index (κ2) is 7.38. The van der Waals surface area contributed by atoms with E-state index in [-0.39, 0.29) is 11.8 Å². The number of imide groups is 1. The molecule has 1 aromatic rings. The number of hydrogen-bond acceptors (Lipinski definition) is 4. The van der Waals surface area contributed by atoms with Crippen LogP contribution in [0.4, 0.5) is 0 Å². The molecule has 0 aliphatic carbocycles. The van der Waals surface area contributed by atoms with Crippen LogP contribution in [-0.4, -0.2) is 36.1 Å². The molecule has 1 aliphatic heterocycles. The first kappa shape index (κ1) is 15.0. The summed E-state index contributed by atoms with van der Waals surface area (Å²) in [5.41, 5.74) is 2.19. The molecule has 0 spiro atoms. The third kappa shape index (κ3) is 4.56. The van der Waals surface area contributed by atoms with Gasteiger partial charge in [0.15, 0.2) is 0 Å². The minimum absolute atomic E-state index is 0.238. The first-order valence-corrected chi connectivity index (χ1v) is 6.92. The lowest BCUT2D eigenvalue weighted by Crippen LogP contribution is -2.30. The molecule has 0 saturated heterocycles. The first-order valence-electron chi connectivity index (χ1n) is 6.92. The first-order chi connectivity index (χ1) is 10.2. The van der Waals surface area contributed by atoms with Crippen molar-refractivity contribution in [1.82, 2.24) is 4.90 Å². The standard InChI is InChI=1S/C16H18N2O3/c1-13-4-6-14(7-5-13)12-17-21-11-3-2-10-18-15(19)8-9-16(18)20/h4-9,12H,2-3,10-11H2,1H3/b17-12+. The van der Waals surface area contributed by atoms with Gasteiger partial charge >= 0.3 is 0 Å². The molecule has 5 heteroatoms. The van der Waals surface area contributed by atoms with E-state index in [1.54, 1.807) is 6.21 Å². The van der Waals surface area contributed by atoms with Gasteiger partial charge in [0, 0.05) is 18.7 Å². The Balaban J connectivity index is 1.59. The molecule has 0 saturated carbocycles. The Morgan fingerprint density at radius 3 is 2.43 bits per heavy atom. The highest BCUT2D eigenvalue weighted by Gasteiger charge is 2.22. The molecule has 1 aliphatic rings. The molecule has 5 nitrogen and oxygen atoms in total. The highest BCUT2D eigenvalue weighted by atomic mass is 16.6. The van der Waals surface area contributed by atoms with Crippen LogP contribution in [-0.2, 0) is 14.4 Å². The van der Waals surface area contributed by atoms with Crippen molar-refractivity contribution in [3.05, 3.63) is 47.5 Å². The Bertz CT molecular complexity index is 543. The van der Waals surface area contributed by atoms with Gasteiger partial charge in [-0.1, -0.05) is 35.0 Å². The van der Waals surface area contributed by atoms with Gasteiger partial charge in [0.25, 0.3) is 11.8 Å². The van der Waals surface area contributed by atoms with Crippen LogP contribution in [0.2, 0.25) is 0 Å². The van der Waals surface area contributed by atoms with E-state index in [4.69, 9.17) is 4.84 Å². The van der Waals surface area contributed by atoms with E-state index in [0.29, 0.717) is 19.6 Å². The Morgan fingerprint density at radius 1 is 1.10 bits per heavy atom. The van der Waals surface area contributed by atoms with Gasteiger partial charge in [0.2, 0.25) is 0 Å². The van der Waals surface area contributed by atoms with E-state index in [0.717, 1.165) is 12.0 Å². The molecule has 110 valence electrons. The largest absolute Gasteiger partial charge is 0.396 e. The third-order valence-corrected chi connectivity index (χ3v) is 3.12. The van der Waals surface area contributed by atoms with Crippen LogP contribution in [0.25, 0.3) is 0 Å². The molecule has 2 amide bonds.